The summed E-state index contributed by atoms with van der Waals surface area (Å²) in [6.45, 7) is 11.7. The number of hydrogen-bond acceptors (Lipinski definition) is 4. The molecular weight excluding hydrogens is 514 g/mol. The summed E-state index contributed by atoms with van der Waals surface area (Å²) in [4.78, 5) is 41.9. The summed E-state index contributed by atoms with van der Waals surface area (Å²) in [5.74, 6) is -0.778. The molecule has 0 bridgehead atoms. The largest absolute Gasteiger partial charge is 0.380 e. The molecular formula is C33H41N5O3. The highest BCUT2D eigenvalue weighted by molar-refractivity contribution is 6.05. The van der Waals surface area contributed by atoms with Crippen LogP contribution in [0.25, 0.3) is 0 Å². The van der Waals surface area contributed by atoms with Crippen LogP contribution in [0.5, 0.6) is 0 Å². The number of carbonyl (C=O) groups is 3. The second kappa shape index (κ2) is 12.0. The van der Waals surface area contributed by atoms with E-state index in [2.05, 4.69) is 42.0 Å². The van der Waals surface area contributed by atoms with Crippen LogP contribution in [0.15, 0.2) is 78.9 Å². The zero-order valence-corrected chi connectivity index (χ0v) is 24.7. The Labute approximate surface area is 242 Å². The van der Waals surface area contributed by atoms with Crippen LogP contribution < -0.4 is 26.2 Å². The Balaban J connectivity index is 1.64. The van der Waals surface area contributed by atoms with Crippen LogP contribution in [0.3, 0.4) is 0 Å². The Bertz CT molecular complexity index is 1390. The maximum Gasteiger partial charge on any atom is 0.319 e. The maximum atomic E-state index is 14.1. The van der Waals surface area contributed by atoms with Gasteiger partial charge < -0.3 is 26.2 Å². The van der Waals surface area contributed by atoms with Gasteiger partial charge in [0.25, 0.3) is 0 Å². The summed E-state index contributed by atoms with van der Waals surface area (Å²) < 4.78 is 0. The smallest absolute Gasteiger partial charge is 0.319 e. The van der Waals surface area contributed by atoms with E-state index in [1.54, 1.807) is 6.07 Å². The molecule has 2 atom stereocenters. The highest BCUT2D eigenvalue weighted by Crippen LogP contribution is 2.39. The number of amides is 4. The second-order valence-electron chi connectivity index (χ2n) is 12.6. The molecule has 8 nitrogen and oxygen atoms in total. The van der Waals surface area contributed by atoms with Crippen LogP contribution >= 0.6 is 0 Å². The first-order valence-corrected chi connectivity index (χ1v) is 14.0. The van der Waals surface area contributed by atoms with Crippen molar-refractivity contribution in [2.45, 2.75) is 71.0 Å². The molecule has 8 heteroatoms. The minimum absolute atomic E-state index is 0.141. The Kier molecular flexibility index (Phi) is 8.71. The van der Waals surface area contributed by atoms with E-state index in [1.165, 1.54) is 4.90 Å². The van der Waals surface area contributed by atoms with Gasteiger partial charge in [-0.05, 0) is 83.4 Å². The molecule has 1 heterocycles. The van der Waals surface area contributed by atoms with Crippen LogP contribution in [-0.2, 0) is 9.59 Å². The lowest BCUT2D eigenvalue weighted by Gasteiger charge is -2.28. The molecule has 4 amide bonds. The van der Waals surface area contributed by atoms with Gasteiger partial charge in [-0.2, -0.15) is 0 Å². The van der Waals surface area contributed by atoms with E-state index in [-0.39, 0.29) is 29.8 Å². The zero-order valence-electron chi connectivity index (χ0n) is 24.7. The van der Waals surface area contributed by atoms with Crippen molar-refractivity contribution in [3.63, 3.8) is 0 Å². The first-order chi connectivity index (χ1) is 19.3. The van der Waals surface area contributed by atoms with Gasteiger partial charge in [0.05, 0.1) is 0 Å². The summed E-state index contributed by atoms with van der Waals surface area (Å²) in [5.41, 5.74) is 3.51. The number of nitrogens with one attached hydrogen (secondary N) is 4. The average molecular weight is 556 g/mol. The molecule has 1 aliphatic rings. The van der Waals surface area contributed by atoms with E-state index in [1.807, 2.05) is 93.6 Å². The number of carbonyl (C=O) groups excluding carboxylic acids is 3. The first kappa shape index (κ1) is 29.6. The normalized spacial score (nSPS) is 17.2. The molecule has 4 rings (SSSR count). The Hall–Kier alpha value is -4.33. The van der Waals surface area contributed by atoms with Gasteiger partial charge >= 0.3 is 6.03 Å². The number of fused-ring (bicyclic) bond motifs is 1. The summed E-state index contributed by atoms with van der Waals surface area (Å²) in [6, 6.07) is 23.7. The van der Waals surface area contributed by atoms with Gasteiger partial charge in [0.15, 0.2) is 0 Å². The van der Waals surface area contributed by atoms with Gasteiger partial charge in [-0.15, -0.1) is 0 Å². The molecule has 4 N–H and O–H groups in total. The molecule has 3 aromatic rings. The molecule has 0 aromatic heterocycles. The zero-order chi connectivity index (χ0) is 29.8. The number of anilines is 3. The Morgan fingerprint density at radius 1 is 0.829 bits per heavy atom. The summed E-state index contributed by atoms with van der Waals surface area (Å²) in [7, 11) is 0. The highest BCUT2D eigenvalue weighted by atomic mass is 16.2. The molecule has 1 aliphatic heterocycles. The van der Waals surface area contributed by atoms with Crippen molar-refractivity contribution in [1.29, 1.82) is 0 Å². The van der Waals surface area contributed by atoms with Gasteiger partial charge in [-0.25, -0.2) is 4.79 Å². The highest BCUT2D eigenvalue weighted by Gasteiger charge is 2.37. The molecule has 0 saturated carbocycles. The summed E-state index contributed by atoms with van der Waals surface area (Å²) in [5, 5.41) is 12.1. The van der Waals surface area contributed by atoms with Crippen LogP contribution in [-0.4, -0.2) is 41.5 Å². The van der Waals surface area contributed by atoms with E-state index >= 15 is 0 Å². The standard InChI is InChI=1S/C33H41N5O3/c1-32(2,3)36-24-16-12-15-23(19-24)34-31(41)35-27-20-26(22-13-8-7-9-14-22)25-17-10-11-18-28(25)38(30(27)40)21-29(39)37-33(4,5)6/h7-19,26-27,36H,20-21H2,1-6H3,(H,37,39)(H2,34,35,41). The fourth-order valence-electron chi connectivity index (χ4n) is 5.12. The van der Waals surface area contributed by atoms with Crippen LogP contribution in [0.2, 0.25) is 0 Å². The van der Waals surface area contributed by atoms with Crippen molar-refractivity contribution < 1.29 is 14.4 Å². The molecule has 216 valence electrons. The van der Waals surface area contributed by atoms with Crippen LogP contribution in [0.4, 0.5) is 21.9 Å². The summed E-state index contributed by atoms with van der Waals surface area (Å²) >= 11 is 0. The van der Waals surface area contributed by atoms with E-state index in [0.717, 1.165) is 16.8 Å². The SMILES string of the molecule is CC(C)(C)NC(=O)CN1C(=O)C(NC(=O)Nc2cccc(NC(C)(C)C)c2)CC(c2ccccc2)c2ccccc21. The quantitative estimate of drug-likeness (QED) is 0.305. The third kappa shape index (κ3) is 8.10. The Morgan fingerprint density at radius 3 is 2.17 bits per heavy atom. The molecule has 41 heavy (non-hydrogen) atoms. The minimum Gasteiger partial charge on any atom is -0.380 e. The Morgan fingerprint density at radius 2 is 1.49 bits per heavy atom. The third-order valence-electron chi connectivity index (χ3n) is 6.60. The van der Waals surface area contributed by atoms with Crippen molar-refractivity contribution in [3.05, 3.63) is 90.0 Å². The maximum absolute atomic E-state index is 14.1. The molecule has 0 saturated heterocycles. The van der Waals surface area contributed by atoms with E-state index in [0.29, 0.717) is 17.8 Å². The van der Waals surface area contributed by atoms with Crippen molar-refractivity contribution in [1.82, 2.24) is 10.6 Å². The lowest BCUT2D eigenvalue weighted by molar-refractivity contribution is -0.125. The monoisotopic (exact) mass is 555 g/mol. The lowest BCUT2D eigenvalue weighted by Crippen LogP contribution is -2.53. The number of para-hydroxylation sites is 1. The lowest BCUT2D eigenvalue weighted by atomic mass is 9.86. The number of urea groups is 1. The molecule has 0 radical (unpaired) electrons. The predicted octanol–water partition coefficient (Wildman–Crippen LogP) is 5.87. The average Bonchev–Trinajstić information content (AvgIpc) is 2.98. The molecule has 0 aliphatic carbocycles. The van der Waals surface area contributed by atoms with E-state index in [4.69, 9.17) is 0 Å². The fourth-order valence-corrected chi connectivity index (χ4v) is 5.12. The fraction of sp³-hybridized carbons (Fsp3) is 0.364. The molecule has 3 aromatic carbocycles. The molecule has 2 unspecified atom stereocenters. The van der Waals surface area contributed by atoms with Crippen molar-refractivity contribution in [2.24, 2.45) is 0 Å². The van der Waals surface area contributed by atoms with Crippen molar-refractivity contribution in [2.75, 3.05) is 22.1 Å². The number of rotatable bonds is 6. The minimum atomic E-state index is -0.870. The summed E-state index contributed by atoms with van der Waals surface area (Å²) in [6.07, 6.45) is 0.344. The van der Waals surface area contributed by atoms with Gasteiger partial charge in [-0.3, -0.25) is 9.59 Å². The van der Waals surface area contributed by atoms with Gasteiger partial charge in [-0.1, -0.05) is 54.6 Å². The van der Waals surface area contributed by atoms with E-state index in [9.17, 15) is 14.4 Å². The van der Waals surface area contributed by atoms with Gasteiger partial charge in [0.2, 0.25) is 11.8 Å². The van der Waals surface area contributed by atoms with Crippen molar-refractivity contribution >= 4 is 34.9 Å². The van der Waals surface area contributed by atoms with Crippen LogP contribution in [0.1, 0.15) is 65.0 Å². The predicted molar refractivity (Wildman–Crippen MR) is 165 cm³/mol. The van der Waals surface area contributed by atoms with Crippen LogP contribution in [0, 0.1) is 0 Å². The van der Waals surface area contributed by atoms with Gasteiger partial charge in [0, 0.05) is 34.1 Å². The van der Waals surface area contributed by atoms with Gasteiger partial charge in [0.1, 0.15) is 12.6 Å². The third-order valence-corrected chi connectivity index (χ3v) is 6.60. The second-order valence-corrected chi connectivity index (χ2v) is 12.6. The molecule has 0 spiro atoms. The van der Waals surface area contributed by atoms with Crippen molar-refractivity contribution in [3.8, 4) is 0 Å². The topological polar surface area (TPSA) is 103 Å². The first-order valence-electron chi connectivity index (χ1n) is 14.0. The number of nitrogens with zero attached hydrogens (tertiary/aromatic N) is 1. The van der Waals surface area contributed by atoms with E-state index < -0.39 is 17.6 Å². The molecule has 0 fully saturated rings. The number of benzene rings is 3. The number of hydrogen-bond donors (Lipinski definition) is 4.